The summed E-state index contributed by atoms with van der Waals surface area (Å²) in [6.45, 7) is 0. The Balaban J connectivity index is 2.34. The third kappa shape index (κ3) is 2.51. The molecule has 0 saturated carbocycles. The molecule has 0 radical (unpaired) electrons. The quantitative estimate of drug-likeness (QED) is 0.770. The Bertz CT molecular complexity index is 579. The van der Waals surface area contributed by atoms with Gasteiger partial charge >= 0.3 is 0 Å². The van der Waals surface area contributed by atoms with Crippen molar-refractivity contribution in [1.29, 1.82) is 0 Å². The molecule has 0 atom stereocenters. The lowest BCUT2D eigenvalue weighted by Crippen LogP contribution is -2.11. The van der Waals surface area contributed by atoms with Gasteiger partial charge in [0.25, 0.3) is 0 Å². The summed E-state index contributed by atoms with van der Waals surface area (Å²) in [6, 6.07) is 1.45. The number of aromatic nitrogens is 5. The predicted octanol–water partition coefficient (Wildman–Crippen LogP) is -0.571. The van der Waals surface area contributed by atoms with E-state index in [0.717, 1.165) is 6.26 Å². The lowest BCUT2D eigenvalue weighted by Gasteiger charge is -2.03. The Morgan fingerprint density at radius 1 is 1.31 bits per heavy atom. The first-order valence-corrected chi connectivity index (χ1v) is 6.08. The second-order valence-electron chi connectivity index (χ2n) is 2.98. The molecule has 0 spiro atoms. The zero-order valence-corrected chi connectivity index (χ0v) is 9.09. The summed E-state index contributed by atoms with van der Waals surface area (Å²) in [5, 5.41) is 3.86. The Kier molecular flexibility index (Phi) is 2.52. The lowest BCUT2D eigenvalue weighted by molar-refractivity contribution is 0.606. The van der Waals surface area contributed by atoms with Gasteiger partial charge in [0, 0.05) is 6.07 Å². The monoisotopic (exact) mass is 240 g/mol. The highest BCUT2D eigenvalue weighted by Gasteiger charge is 2.05. The molecule has 0 bridgehead atoms. The molecular weight excluding hydrogens is 232 g/mol. The van der Waals surface area contributed by atoms with Crippen LogP contribution in [0.4, 0.5) is 5.82 Å². The van der Waals surface area contributed by atoms with E-state index in [1.54, 1.807) is 0 Å². The zero-order valence-electron chi connectivity index (χ0n) is 8.27. The molecule has 0 aromatic carbocycles. The van der Waals surface area contributed by atoms with Crippen molar-refractivity contribution in [3.63, 3.8) is 0 Å². The van der Waals surface area contributed by atoms with Crippen molar-refractivity contribution < 1.29 is 8.42 Å². The molecule has 16 heavy (non-hydrogen) atoms. The van der Waals surface area contributed by atoms with Crippen molar-refractivity contribution in [3.8, 4) is 5.82 Å². The number of hydrogen-bond donors (Lipinski definition) is 1. The topological polar surface area (TPSA) is 103 Å². The molecule has 2 heterocycles. The summed E-state index contributed by atoms with van der Waals surface area (Å²) in [7, 11) is -3.35. The first-order valence-electron chi connectivity index (χ1n) is 4.19. The van der Waals surface area contributed by atoms with Crippen LogP contribution >= 0.6 is 0 Å². The van der Waals surface area contributed by atoms with Gasteiger partial charge in [0.2, 0.25) is 10.0 Å². The SMILES string of the molecule is CS(=O)(=O)Nc1cc(-n2cncn2)ncn1. The van der Waals surface area contributed by atoms with Gasteiger partial charge in [-0.1, -0.05) is 0 Å². The maximum atomic E-state index is 11.0. The van der Waals surface area contributed by atoms with Crippen LogP contribution in [0, 0.1) is 0 Å². The standard InChI is InChI=1S/C7H8N6O2S/c1-16(14,15)12-6-2-7(10-4-9-6)13-5-8-3-11-13/h2-5H,1H3,(H,9,10,12). The Labute approximate surface area is 91.4 Å². The van der Waals surface area contributed by atoms with Gasteiger partial charge in [-0.05, 0) is 0 Å². The van der Waals surface area contributed by atoms with E-state index in [2.05, 4.69) is 24.8 Å². The van der Waals surface area contributed by atoms with Crippen LogP contribution in [0.25, 0.3) is 5.82 Å². The summed E-state index contributed by atoms with van der Waals surface area (Å²) in [5.74, 6) is 0.613. The molecule has 0 aliphatic carbocycles. The van der Waals surface area contributed by atoms with Crippen LogP contribution in [0.2, 0.25) is 0 Å². The third-order valence-corrected chi connectivity index (χ3v) is 2.18. The second kappa shape index (κ2) is 3.85. The molecule has 0 fully saturated rings. The van der Waals surface area contributed by atoms with Crippen LogP contribution in [0.1, 0.15) is 0 Å². The summed E-state index contributed by atoms with van der Waals surface area (Å²) in [4.78, 5) is 11.5. The number of hydrogen-bond acceptors (Lipinski definition) is 6. The molecule has 0 aliphatic heterocycles. The van der Waals surface area contributed by atoms with Crippen LogP contribution in [-0.2, 0) is 10.0 Å². The molecule has 2 rings (SSSR count). The molecule has 0 aliphatic rings. The second-order valence-corrected chi connectivity index (χ2v) is 4.72. The molecule has 9 heteroatoms. The molecule has 2 aromatic rings. The smallest absolute Gasteiger partial charge is 0.230 e. The van der Waals surface area contributed by atoms with Gasteiger partial charge in [0.05, 0.1) is 6.26 Å². The molecule has 0 saturated heterocycles. The van der Waals surface area contributed by atoms with Gasteiger partial charge in [-0.2, -0.15) is 5.10 Å². The van der Waals surface area contributed by atoms with Gasteiger partial charge in [0.1, 0.15) is 24.8 Å². The van der Waals surface area contributed by atoms with E-state index in [1.165, 1.54) is 29.7 Å². The van der Waals surface area contributed by atoms with Crippen molar-refractivity contribution in [1.82, 2.24) is 24.7 Å². The molecular formula is C7H8N6O2S. The molecule has 0 unspecified atom stereocenters. The van der Waals surface area contributed by atoms with Crippen molar-refractivity contribution in [2.75, 3.05) is 11.0 Å². The fraction of sp³-hybridized carbons (Fsp3) is 0.143. The molecule has 1 N–H and O–H groups in total. The van der Waals surface area contributed by atoms with Gasteiger partial charge in [0.15, 0.2) is 5.82 Å². The summed E-state index contributed by atoms with van der Waals surface area (Å²) >= 11 is 0. The number of nitrogens with zero attached hydrogens (tertiary/aromatic N) is 5. The fourth-order valence-electron chi connectivity index (χ4n) is 1.04. The van der Waals surface area contributed by atoms with Gasteiger partial charge < -0.3 is 0 Å². The highest BCUT2D eigenvalue weighted by Crippen LogP contribution is 2.08. The van der Waals surface area contributed by atoms with Crippen LogP contribution in [0.5, 0.6) is 0 Å². The minimum Gasteiger partial charge on any atom is -0.267 e. The van der Waals surface area contributed by atoms with Crippen molar-refractivity contribution >= 4 is 15.8 Å². The maximum absolute atomic E-state index is 11.0. The van der Waals surface area contributed by atoms with Crippen LogP contribution in [0.3, 0.4) is 0 Å². The van der Waals surface area contributed by atoms with Gasteiger partial charge in [-0.15, -0.1) is 0 Å². The largest absolute Gasteiger partial charge is 0.267 e. The Morgan fingerprint density at radius 3 is 2.75 bits per heavy atom. The Hall–Kier alpha value is -2.03. The van der Waals surface area contributed by atoms with Crippen molar-refractivity contribution in [2.24, 2.45) is 0 Å². The maximum Gasteiger partial charge on any atom is 0.230 e. The number of nitrogens with one attached hydrogen (secondary N) is 1. The number of anilines is 1. The van der Waals surface area contributed by atoms with Crippen molar-refractivity contribution in [3.05, 3.63) is 25.0 Å². The van der Waals surface area contributed by atoms with Crippen molar-refractivity contribution in [2.45, 2.75) is 0 Å². The van der Waals surface area contributed by atoms with E-state index < -0.39 is 10.0 Å². The molecule has 0 amide bonds. The summed E-state index contributed by atoms with van der Waals surface area (Å²) < 4.78 is 25.6. The summed E-state index contributed by atoms with van der Waals surface area (Å²) in [5.41, 5.74) is 0. The third-order valence-electron chi connectivity index (χ3n) is 1.60. The average molecular weight is 240 g/mol. The zero-order chi connectivity index (χ0) is 11.6. The lowest BCUT2D eigenvalue weighted by atomic mass is 10.5. The van der Waals surface area contributed by atoms with E-state index in [9.17, 15) is 8.42 Å². The van der Waals surface area contributed by atoms with Crippen LogP contribution in [0.15, 0.2) is 25.0 Å². The first-order chi connectivity index (χ1) is 7.54. The number of sulfonamides is 1. The molecule has 8 nitrogen and oxygen atoms in total. The fourth-order valence-corrected chi connectivity index (χ4v) is 1.54. The minimum absolute atomic E-state index is 0.183. The average Bonchev–Trinajstić information content (AvgIpc) is 2.68. The number of rotatable bonds is 3. The molecule has 84 valence electrons. The first kappa shape index (κ1) is 10.5. The normalized spacial score (nSPS) is 11.3. The van der Waals surface area contributed by atoms with E-state index in [4.69, 9.17) is 0 Å². The minimum atomic E-state index is -3.35. The molecule has 2 aromatic heterocycles. The highest BCUT2D eigenvalue weighted by molar-refractivity contribution is 7.92. The highest BCUT2D eigenvalue weighted by atomic mass is 32.2. The van der Waals surface area contributed by atoms with Crippen LogP contribution in [-0.4, -0.2) is 39.4 Å². The van der Waals surface area contributed by atoms with Gasteiger partial charge in [-0.3, -0.25) is 4.72 Å². The van der Waals surface area contributed by atoms with E-state index in [1.807, 2.05) is 0 Å². The van der Waals surface area contributed by atoms with Gasteiger partial charge in [-0.25, -0.2) is 28.1 Å². The van der Waals surface area contributed by atoms with E-state index >= 15 is 0 Å². The summed E-state index contributed by atoms with van der Waals surface area (Å²) in [6.07, 6.45) is 5.09. The van der Waals surface area contributed by atoms with E-state index in [-0.39, 0.29) is 5.82 Å². The van der Waals surface area contributed by atoms with Crippen LogP contribution < -0.4 is 4.72 Å². The Morgan fingerprint density at radius 2 is 2.12 bits per heavy atom. The predicted molar refractivity (Wildman–Crippen MR) is 55.4 cm³/mol. The van der Waals surface area contributed by atoms with E-state index in [0.29, 0.717) is 5.82 Å².